The second-order valence-corrected chi connectivity index (χ2v) is 4.30. The predicted octanol–water partition coefficient (Wildman–Crippen LogP) is 3.27. The molecular formula is C13H12ClN3O2. The molecule has 0 aliphatic heterocycles. The van der Waals surface area contributed by atoms with Gasteiger partial charge in [0, 0.05) is 22.5 Å². The summed E-state index contributed by atoms with van der Waals surface area (Å²) in [7, 11) is 0. The second kappa shape index (κ2) is 5.49. The molecule has 0 bridgehead atoms. The minimum absolute atomic E-state index is 0.0914. The van der Waals surface area contributed by atoms with Crippen molar-refractivity contribution in [2.45, 2.75) is 0 Å². The third kappa shape index (κ3) is 3.53. The Balaban J connectivity index is 2.03. The largest absolute Gasteiger partial charge is 0.506 e. The number of nitrogens with one attached hydrogen (secondary N) is 2. The number of hydrogen-bond donors (Lipinski definition) is 4. The molecule has 0 aliphatic carbocycles. The van der Waals surface area contributed by atoms with Gasteiger partial charge in [0.25, 0.3) is 0 Å². The normalized spacial score (nSPS) is 9.95. The Hall–Kier alpha value is -2.40. The first-order valence-electron chi connectivity index (χ1n) is 5.46. The van der Waals surface area contributed by atoms with Crippen molar-refractivity contribution in [3.05, 3.63) is 47.5 Å². The number of carbonyl (C=O) groups is 1. The van der Waals surface area contributed by atoms with Gasteiger partial charge in [0.1, 0.15) is 5.75 Å². The highest BCUT2D eigenvalue weighted by Crippen LogP contribution is 2.25. The van der Waals surface area contributed by atoms with Crippen LogP contribution in [0.2, 0.25) is 5.02 Å². The van der Waals surface area contributed by atoms with Gasteiger partial charge in [0.2, 0.25) is 0 Å². The minimum Gasteiger partial charge on any atom is -0.506 e. The maximum atomic E-state index is 11.7. The molecule has 0 aromatic heterocycles. The fourth-order valence-electron chi connectivity index (χ4n) is 1.47. The van der Waals surface area contributed by atoms with Gasteiger partial charge >= 0.3 is 6.03 Å². The number of nitrogen functional groups attached to an aromatic ring is 1. The van der Waals surface area contributed by atoms with Crippen LogP contribution in [0.15, 0.2) is 42.5 Å². The first-order valence-corrected chi connectivity index (χ1v) is 5.84. The molecule has 0 aliphatic rings. The molecule has 0 heterocycles. The standard InChI is InChI=1S/C13H12ClN3O2/c14-8-1-4-10(5-2-8)16-13(19)17-11-6-3-9(15)7-12(11)18/h1-7,18H,15H2,(H2,16,17,19). The SMILES string of the molecule is Nc1ccc(NC(=O)Nc2ccc(Cl)cc2)c(O)c1. The van der Waals surface area contributed by atoms with E-state index in [2.05, 4.69) is 10.6 Å². The second-order valence-electron chi connectivity index (χ2n) is 3.86. The van der Waals surface area contributed by atoms with Gasteiger partial charge < -0.3 is 21.5 Å². The third-order valence-corrected chi connectivity index (χ3v) is 2.62. The average Bonchev–Trinajstić information content (AvgIpc) is 2.36. The molecule has 0 atom stereocenters. The zero-order valence-electron chi connectivity index (χ0n) is 9.85. The number of anilines is 3. The summed E-state index contributed by atoms with van der Waals surface area (Å²) < 4.78 is 0. The zero-order chi connectivity index (χ0) is 13.8. The van der Waals surface area contributed by atoms with Gasteiger partial charge in [-0.25, -0.2) is 4.79 Å². The van der Waals surface area contributed by atoms with Crippen molar-refractivity contribution in [3.63, 3.8) is 0 Å². The van der Waals surface area contributed by atoms with Crippen molar-refractivity contribution < 1.29 is 9.90 Å². The smallest absolute Gasteiger partial charge is 0.323 e. The fourth-order valence-corrected chi connectivity index (χ4v) is 1.60. The molecule has 5 nitrogen and oxygen atoms in total. The summed E-state index contributed by atoms with van der Waals surface area (Å²) in [5.41, 5.74) is 6.79. The number of aromatic hydroxyl groups is 1. The molecule has 6 heteroatoms. The van der Waals surface area contributed by atoms with Crippen molar-refractivity contribution in [1.82, 2.24) is 0 Å². The van der Waals surface area contributed by atoms with E-state index in [4.69, 9.17) is 17.3 Å². The van der Waals surface area contributed by atoms with E-state index >= 15 is 0 Å². The van der Waals surface area contributed by atoms with Gasteiger partial charge in [-0.3, -0.25) is 0 Å². The molecule has 0 spiro atoms. The zero-order valence-corrected chi connectivity index (χ0v) is 10.6. The number of rotatable bonds is 2. The lowest BCUT2D eigenvalue weighted by Gasteiger charge is -2.09. The molecule has 2 aromatic rings. The van der Waals surface area contributed by atoms with Gasteiger partial charge in [-0.15, -0.1) is 0 Å². The van der Waals surface area contributed by atoms with E-state index < -0.39 is 6.03 Å². The minimum atomic E-state index is -0.470. The molecule has 0 saturated carbocycles. The molecule has 2 rings (SSSR count). The number of phenols is 1. The highest BCUT2D eigenvalue weighted by Gasteiger charge is 2.06. The molecule has 2 amide bonds. The number of hydrogen-bond acceptors (Lipinski definition) is 3. The topological polar surface area (TPSA) is 87.4 Å². The lowest BCUT2D eigenvalue weighted by atomic mass is 10.2. The van der Waals surface area contributed by atoms with E-state index in [0.717, 1.165) is 0 Å². The number of nitrogens with two attached hydrogens (primary N) is 1. The van der Waals surface area contributed by atoms with E-state index in [1.165, 1.54) is 12.1 Å². The number of phenolic OH excluding ortho intramolecular Hbond substituents is 1. The van der Waals surface area contributed by atoms with Crippen LogP contribution < -0.4 is 16.4 Å². The van der Waals surface area contributed by atoms with Crippen molar-refractivity contribution >= 4 is 34.7 Å². The molecule has 98 valence electrons. The lowest BCUT2D eigenvalue weighted by molar-refractivity contribution is 0.262. The molecule has 0 fully saturated rings. The summed E-state index contributed by atoms with van der Waals surface area (Å²) in [5.74, 6) is -0.0914. The third-order valence-electron chi connectivity index (χ3n) is 2.37. The van der Waals surface area contributed by atoms with Crippen LogP contribution in [0, 0.1) is 0 Å². The van der Waals surface area contributed by atoms with Crippen LogP contribution in [0.5, 0.6) is 5.75 Å². The van der Waals surface area contributed by atoms with E-state index in [1.807, 2.05) is 0 Å². The van der Waals surface area contributed by atoms with Gasteiger partial charge in [-0.05, 0) is 36.4 Å². The maximum Gasteiger partial charge on any atom is 0.323 e. The van der Waals surface area contributed by atoms with E-state index in [0.29, 0.717) is 16.4 Å². The van der Waals surface area contributed by atoms with Crippen LogP contribution in [-0.2, 0) is 0 Å². The van der Waals surface area contributed by atoms with E-state index in [9.17, 15) is 9.90 Å². The monoisotopic (exact) mass is 277 g/mol. The molecular weight excluding hydrogens is 266 g/mol. The van der Waals surface area contributed by atoms with Crippen molar-refractivity contribution in [2.24, 2.45) is 0 Å². The molecule has 0 unspecified atom stereocenters. The van der Waals surface area contributed by atoms with Gasteiger partial charge in [-0.1, -0.05) is 11.6 Å². The summed E-state index contributed by atoms with van der Waals surface area (Å²) in [6, 6.07) is 10.7. The van der Waals surface area contributed by atoms with E-state index in [1.54, 1.807) is 30.3 Å². The summed E-state index contributed by atoms with van der Waals surface area (Å²) >= 11 is 5.74. The van der Waals surface area contributed by atoms with Crippen molar-refractivity contribution in [2.75, 3.05) is 16.4 Å². The quantitative estimate of drug-likeness (QED) is 0.502. The number of amides is 2. The first-order chi connectivity index (χ1) is 9.04. The van der Waals surface area contributed by atoms with Crippen LogP contribution in [0.4, 0.5) is 21.9 Å². The number of urea groups is 1. The Labute approximate surface area is 115 Å². The molecule has 2 aromatic carbocycles. The number of carbonyl (C=O) groups excluding carboxylic acids is 1. The highest BCUT2D eigenvalue weighted by atomic mass is 35.5. The highest BCUT2D eigenvalue weighted by molar-refractivity contribution is 6.30. The number of halogens is 1. The molecule has 0 radical (unpaired) electrons. The van der Waals surface area contributed by atoms with Gasteiger partial charge in [-0.2, -0.15) is 0 Å². The van der Waals surface area contributed by atoms with Gasteiger partial charge in [0.15, 0.2) is 0 Å². The Kier molecular flexibility index (Phi) is 3.77. The average molecular weight is 278 g/mol. The predicted molar refractivity (Wildman–Crippen MR) is 76.6 cm³/mol. The van der Waals surface area contributed by atoms with Crippen molar-refractivity contribution in [3.8, 4) is 5.75 Å². The Morgan fingerprint density at radius 3 is 2.42 bits per heavy atom. The Morgan fingerprint density at radius 2 is 1.79 bits per heavy atom. The molecule has 0 saturated heterocycles. The summed E-state index contributed by atoms with van der Waals surface area (Å²) in [6.45, 7) is 0. The van der Waals surface area contributed by atoms with Crippen LogP contribution in [-0.4, -0.2) is 11.1 Å². The maximum absolute atomic E-state index is 11.7. The summed E-state index contributed by atoms with van der Waals surface area (Å²) in [4.78, 5) is 11.7. The van der Waals surface area contributed by atoms with Crippen LogP contribution >= 0.6 is 11.6 Å². The number of benzene rings is 2. The van der Waals surface area contributed by atoms with Gasteiger partial charge in [0.05, 0.1) is 5.69 Å². The van der Waals surface area contributed by atoms with Crippen LogP contribution in [0.1, 0.15) is 0 Å². The fraction of sp³-hybridized carbons (Fsp3) is 0. The lowest BCUT2D eigenvalue weighted by Crippen LogP contribution is -2.19. The molecule has 19 heavy (non-hydrogen) atoms. The Bertz CT molecular complexity index is 599. The first kappa shape index (κ1) is 13.0. The summed E-state index contributed by atoms with van der Waals surface area (Å²) in [5, 5.41) is 15.3. The molecule has 5 N–H and O–H groups in total. The summed E-state index contributed by atoms with van der Waals surface area (Å²) in [6.07, 6.45) is 0. The Morgan fingerprint density at radius 1 is 1.11 bits per heavy atom. The van der Waals surface area contributed by atoms with E-state index in [-0.39, 0.29) is 11.4 Å². The van der Waals surface area contributed by atoms with Crippen molar-refractivity contribution in [1.29, 1.82) is 0 Å². The van der Waals surface area contributed by atoms with Crippen LogP contribution in [0.3, 0.4) is 0 Å². The van der Waals surface area contributed by atoms with Crippen LogP contribution in [0.25, 0.3) is 0 Å².